The molecule has 1 amide bonds. The van der Waals surface area contributed by atoms with Gasteiger partial charge in [-0.05, 0) is 40.0 Å². The molecule has 0 saturated carbocycles. The van der Waals surface area contributed by atoms with E-state index in [1.807, 2.05) is 12.1 Å². The maximum atomic E-state index is 11.8. The maximum absolute atomic E-state index is 11.8. The molecule has 1 aromatic carbocycles. The average molecular weight is 323 g/mol. The standard InChI is InChI=1S/C11H10BrCl2NO/c12-9-2-1-8(4-10(9)14)15-6-7(5-13)3-11(15)16/h1-2,4,7H,3,5-6H2. The Morgan fingerprint density at radius 1 is 1.50 bits per heavy atom. The molecule has 1 atom stereocenters. The van der Waals surface area contributed by atoms with Crippen LogP contribution < -0.4 is 4.90 Å². The molecule has 0 aliphatic carbocycles. The molecule has 0 N–H and O–H groups in total. The van der Waals surface area contributed by atoms with E-state index in [2.05, 4.69) is 15.9 Å². The van der Waals surface area contributed by atoms with Crippen molar-refractivity contribution in [1.29, 1.82) is 0 Å². The van der Waals surface area contributed by atoms with Gasteiger partial charge in [0.2, 0.25) is 5.91 Å². The van der Waals surface area contributed by atoms with E-state index in [4.69, 9.17) is 23.2 Å². The number of hydrogen-bond donors (Lipinski definition) is 0. The van der Waals surface area contributed by atoms with E-state index in [0.29, 0.717) is 23.9 Å². The van der Waals surface area contributed by atoms with Crippen molar-refractivity contribution in [3.8, 4) is 0 Å². The minimum Gasteiger partial charge on any atom is -0.312 e. The Bertz CT molecular complexity index is 424. The molecule has 1 aliphatic heterocycles. The van der Waals surface area contributed by atoms with Gasteiger partial charge in [-0.1, -0.05) is 11.6 Å². The molecular formula is C11H10BrCl2NO. The number of amides is 1. The van der Waals surface area contributed by atoms with Crippen molar-refractivity contribution in [2.24, 2.45) is 5.92 Å². The SMILES string of the molecule is O=C1CC(CCl)CN1c1ccc(Br)c(Cl)c1. The number of halogens is 3. The number of nitrogens with zero attached hydrogens (tertiary/aromatic N) is 1. The van der Waals surface area contributed by atoms with Crippen LogP contribution in [0.2, 0.25) is 5.02 Å². The fraction of sp³-hybridized carbons (Fsp3) is 0.364. The molecule has 1 aromatic rings. The maximum Gasteiger partial charge on any atom is 0.227 e. The summed E-state index contributed by atoms with van der Waals surface area (Å²) < 4.78 is 0.832. The van der Waals surface area contributed by atoms with Crippen molar-refractivity contribution in [2.75, 3.05) is 17.3 Å². The van der Waals surface area contributed by atoms with E-state index in [0.717, 1.165) is 10.2 Å². The molecule has 1 unspecified atom stereocenters. The summed E-state index contributed by atoms with van der Waals surface area (Å²) in [7, 11) is 0. The molecule has 1 fully saturated rings. The summed E-state index contributed by atoms with van der Waals surface area (Å²) in [6, 6.07) is 5.52. The lowest BCUT2D eigenvalue weighted by atomic mass is 10.1. The molecular weight excluding hydrogens is 313 g/mol. The zero-order chi connectivity index (χ0) is 11.7. The summed E-state index contributed by atoms with van der Waals surface area (Å²) in [6.45, 7) is 0.681. The van der Waals surface area contributed by atoms with Gasteiger partial charge in [-0.3, -0.25) is 4.79 Å². The second kappa shape index (κ2) is 4.94. The van der Waals surface area contributed by atoms with E-state index in [9.17, 15) is 4.79 Å². The Kier molecular flexibility index (Phi) is 3.77. The van der Waals surface area contributed by atoms with Crippen molar-refractivity contribution in [3.05, 3.63) is 27.7 Å². The lowest BCUT2D eigenvalue weighted by molar-refractivity contribution is -0.117. The molecule has 86 valence electrons. The van der Waals surface area contributed by atoms with Gasteiger partial charge in [0, 0.05) is 29.0 Å². The highest BCUT2D eigenvalue weighted by Crippen LogP contribution is 2.31. The van der Waals surface area contributed by atoms with Gasteiger partial charge in [0.15, 0.2) is 0 Å². The first-order chi connectivity index (χ1) is 7.61. The van der Waals surface area contributed by atoms with E-state index < -0.39 is 0 Å². The van der Waals surface area contributed by atoms with Crippen LogP contribution in [0.1, 0.15) is 6.42 Å². The van der Waals surface area contributed by atoms with Gasteiger partial charge >= 0.3 is 0 Å². The van der Waals surface area contributed by atoms with Gasteiger partial charge in [-0.2, -0.15) is 0 Å². The minimum atomic E-state index is 0.115. The first kappa shape index (κ1) is 12.2. The van der Waals surface area contributed by atoms with Gasteiger partial charge in [0.05, 0.1) is 5.02 Å². The third-order valence-electron chi connectivity index (χ3n) is 2.64. The number of benzene rings is 1. The smallest absolute Gasteiger partial charge is 0.227 e. The number of hydrogen-bond acceptors (Lipinski definition) is 1. The summed E-state index contributed by atoms with van der Waals surface area (Å²) >= 11 is 15.1. The third kappa shape index (κ3) is 2.36. The molecule has 0 bridgehead atoms. The van der Waals surface area contributed by atoms with Crippen molar-refractivity contribution in [1.82, 2.24) is 0 Å². The molecule has 0 aromatic heterocycles. The number of alkyl halides is 1. The molecule has 0 radical (unpaired) electrons. The molecule has 1 saturated heterocycles. The first-order valence-corrected chi connectivity index (χ1v) is 6.63. The van der Waals surface area contributed by atoms with Gasteiger partial charge in [0.25, 0.3) is 0 Å². The van der Waals surface area contributed by atoms with Crippen LogP contribution in [0.15, 0.2) is 22.7 Å². The first-order valence-electron chi connectivity index (χ1n) is 4.93. The lowest BCUT2D eigenvalue weighted by Gasteiger charge is -2.16. The number of carbonyl (C=O) groups is 1. The third-order valence-corrected chi connectivity index (χ3v) is 4.31. The van der Waals surface area contributed by atoms with E-state index in [1.165, 1.54) is 0 Å². The highest BCUT2D eigenvalue weighted by molar-refractivity contribution is 9.10. The lowest BCUT2D eigenvalue weighted by Crippen LogP contribution is -2.24. The molecule has 2 rings (SSSR count). The topological polar surface area (TPSA) is 20.3 Å². The summed E-state index contributed by atoms with van der Waals surface area (Å²) in [5.74, 6) is 0.882. The Hall–Kier alpha value is -0.250. The van der Waals surface area contributed by atoms with Crippen molar-refractivity contribution in [2.45, 2.75) is 6.42 Å². The van der Waals surface area contributed by atoms with Crippen LogP contribution in [0.3, 0.4) is 0 Å². The van der Waals surface area contributed by atoms with Crippen molar-refractivity contribution in [3.63, 3.8) is 0 Å². The normalized spacial score (nSPS) is 20.6. The van der Waals surface area contributed by atoms with Gasteiger partial charge in [-0.15, -0.1) is 11.6 Å². The Balaban J connectivity index is 2.24. The van der Waals surface area contributed by atoms with Crippen molar-refractivity contribution < 1.29 is 4.79 Å². The van der Waals surface area contributed by atoms with Crippen LogP contribution in [0, 0.1) is 5.92 Å². The number of rotatable bonds is 2. The van der Waals surface area contributed by atoms with Gasteiger partial charge in [-0.25, -0.2) is 0 Å². The second-order valence-electron chi connectivity index (χ2n) is 3.83. The highest BCUT2D eigenvalue weighted by Gasteiger charge is 2.30. The fourth-order valence-electron chi connectivity index (χ4n) is 1.79. The zero-order valence-corrected chi connectivity index (χ0v) is 11.5. The van der Waals surface area contributed by atoms with E-state index >= 15 is 0 Å². The Morgan fingerprint density at radius 2 is 2.25 bits per heavy atom. The quantitative estimate of drug-likeness (QED) is 0.760. The summed E-state index contributed by atoms with van der Waals surface area (Å²) in [5.41, 5.74) is 0.839. The Labute approximate surface area is 113 Å². The molecule has 0 spiro atoms. The summed E-state index contributed by atoms with van der Waals surface area (Å²) in [6.07, 6.45) is 0.525. The molecule has 16 heavy (non-hydrogen) atoms. The van der Waals surface area contributed by atoms with Crippen LogP contribution in [0.25, 0.3) is 0 Å². The summed E-state index contributed by atoms with van der Waals surface area (Å²) in [5, 5.41) is 0.611. The number of anilines is 1. The highest BCUT2D eigenvalue weighted by atomic mass is 79.9. The largest absolute Gasteiger partial charge is 0.312 e. The predicted octanol–water partition coefficient (Wildman–Crippen LogP) is 3.69. The molecule has 1 aliphatic rings. The van der Waals surface area contributed by atoms with Crippen molar-refractivity contribution >= 4 is 50.7 Å². The minimum absolute atomic E-state index is 0.115. The van der Waals surface area contributed by atoms with Crippen LogP contribution in [-0.4, -0.2) is 18.3 Å². The predicted molar refractivity (Wildman–Crippen MR) is 70.3 cm³/mol. The average Bonchev–Trinajstić information content (AvgIpc) is 2.64. The van der Waals surface area contributed by atoms with Crippen LogP contribution >= 0.6 is 39.1 Å². The van der Waals surface area contributed by atoms with Gasteiger partial charge in [0.1, 0.15) is 0 Å². The zero-order valence-electron chi connectivity index (χ0n) is 8.42. The van der Waals surface area contributed by atoms with E-state index in [-0.39, 0.29) is 11.8 Å². The molecule has 5 heteroatoms. The molecule has 1 heterocycles. The molecule has 2 nitrogen and oxygen atoms in total. The van der Waals surface area contributed by atoms with Crippen LogP contribution in [0.4, 0.5) is 5.69 Å². The number of carbonyl (C=O) groups excluding carboxylic acids is 1. The monoisotopic (exact) mass is 321 g/mol. The summed E-state index contributed by atoms with van der Waals surface area (Å²) in [4.78, 5) is 13.5. The fourth-order valence-corrected chi connectivity index (χ4v) is 2.42. The Morgan fingerprint density at radius 3 is 2.81 bits per heavy atom. The van der Waals surface area contributed by atoms with Gasteiger partial charge < -0.3 is 4.90 Å². The van der Waals surface area contributed by atoms with Crippen LogP contribution in [0.5, 0.6) is 0 Å². The van der Waals surface area contributed by atoms with E-state index in [1.54, 1.807) is 11.0 Å². The van der Waals surface area contributed by atoms with Crippen LogP contribution in [-0.2, 0) is 4.79 Å². The second-order valence-corrected chi connectivity index (χ2v) is 5.40.